The Morgan fingerprint density at radius 2 is 1.71 bits per heavy atom. The molecular weight excluding hydrogens is 178 g/mol. The third-order valence-corrected chi connectivity index (χ3v) is 2.88. The molecule has 0 aromatic heterocycles. The fourth-order valence-electron chi connectivity index (χ4n) is 1.87. The van der Waals surface area contributed by atoms with Crippen LogP contribution in [0.2, 0.25) is 0 Å². The molecule has 1 aromatic carbocycles. The van der Waals surface area contributed by atoms with E-state index in [9.17, 15) is 10.2 Å². The van der Waals surface area contributed by atoms with E-state index in [1.54, 1.807) is 12.1 Å². The highest BCUT2D eigenvalue weighted by Gasteiger charge is 2.39. The molecule has 3 heteroatoms. The molecule has 0 atom stereocenters. The molecule has 0 amide bonds. The molecule has 0 saturated heterocycles. The Hall–Kier alpha value is -1.69. The van der Waals surface area contributed by atoms with Crippen LogP contribution in [0.1, 0.15) is 24.8 Å². The van der Waals surface area contributed by atoms with Gasteiger partial charge in [-0.2, -0.15) is 5.26 Å². The maximum atomic E-state index is 9.30. The molecule has 2 N–H and O–H groups in total. The largest absolute Gasteiger partial charge is 0.508 e. The van der Waals surface area contributed by atoms with Crippen LogP contribution in [0.5, 0.6) is 11.5 Å². The quantitative estimate of drug-likeness (QED) is 0.710. The summed E-state index contributed by atoms with van der Waals surface area (Å²) in [6, 6.07) is 6.65. The summed E-state index contributed by atoms with van der Waals surface area (Å²) in [6.45, 7) is 0. The van der Waals surface area contributed by atoms with Crippen molar-refractivity contribution >= 4 is 0 Å². The molecule has 72 valence electrons. The first-order valence-corrected chi connectivity index (χ1v) is 4.61. The van der Waals surface area contributed by atoms with Gasteiger partial charge in [0.05, 0.1) is 11.5 Å². The van der Waals surface area contributed by atoms with E-state index in [1.165, 1.54) is 6.07 Å². The molecule has 0 bridgehead atoms. The van der Waals surface area contributed by atoms with Gasteiger partial charge in [-0.1, -0.05) is 0 Å². The Kier molecular flexibility index (Phi) is 1.85. The van der Waals surface area contributed by atoms with Gasteiger partial charge in [0.2, 0.25) is 0 Å². The lowest BCUT2D eigenvalue weighted by molar-refractivity contribution is 0.321. The van der Waals surface area contributed by atoms with E-state index in [0.29, 0.717) is 0 Å². The number of nitriles is 1. The van der Waals surface area contributed by atoms with Crippen molar-refractivity contribution in [3.63, 3.8) is 0 Å². The van der Waals surface area contributed by atoms with Crippen LogP contribution in [-0.4, -0.2) is 10.2 Å². The van der Waals surface area contributed by atoms with E-state index < -0.39 is 5.41 Å². The lowest BCUT2D eigenvalue weighted by Crippen LogP contribution is -2.32. The zero-order valence-electron chi connectivity index (χ0n) is 7.70. The van der Waals surface area contributed by atoms with E-state index in [2.05, 4.69) is 6.07 Å². The van der Waals surface area contributed by atoms with Gasteiger partial charge in [-0.25, -0.2) is 0 Å². The van der Waals surface area contributed by atoms with Crippen LogP contribution in [0.3, 0.4) is 0 Å². The first-order valence-electron chi connectivity index (χ1n) is 4.61. The molecule has 1 saturated carbocycles. The first-order chi connectivity index (χ1) is 6.66. The number of nitrogens with zero attached hydrogens (tertiary/aromatic N) is 1. The minimum absolute atomic E-state index is 0.0153. The smallest absolute Gasteiger partial charge is 0.119 e. The number of aromatic hydroxyl groups is 2. The second-order valence-corrected chi connectivity index (χ2v) is 3.79. The average Bonchev–Trinajstić information content (AvgIpc) is 2.01. The van der Waals surface area contributed by atoms with E-state index >= 15 is 0 Å². The molecule has 14 heavy (non-hydrogen) atoms. The molecular formula is C11H11NO2. The standard InChI is InChI=1S/C11H11NO2/c12-7-11(2-1-3-11)8-4-9(13)6-10(14)5-8/h4-6,13-14H,1-3H2. The third kappa shape index (κ3) is 1.20. The van der Waals surface area contributed by atoms with Gasteiger partial charge in [0, 0.05) is 6.07 Å². The molecule has 0 unspecified atom stereocenters. The molecule has 0 spiro atoms. The number of hydrogen-bond donors (Lipinski definition) is 2. The molecule has 2 rings (SSSR count). The summed E-state index contributed by atoms with van der Waals surface area (Å²) in [4.78, 5) is 0. The van der Waals surface area contributed by atoms with Gasteiger partial charge in [-0.3, -0.25) is 0 Å². The van der Waals surface area contributed by atoms with Crippen molar-refractivity contribution in [2.75, 3.05) is 0 Å². The van der Waals surface area contributed by atoms with Crippen LogP contribution in [0.15, 0.2) is 18.2 Å². The Morgan fingerprint density at radius 1 is 1.14 bits per heavy atom. The van der Waals surface area contributed by atoms with Gasteiger partial charge in [0.15, 0.2) is 0 Å². The predicted octanol–water partition coefficient (Wildman–Crippen LogP) is 2.04. The Morgan fingerprint density at radius 3 is 2.07 bits per heavy atom. The van der Waals surface area contributed by atoms with Gasteiger partial charge in [-0.05, 0) is 37.0 Å². The zero-order valence-corrected chi connectivity index (χ0v) is 7.70. The third-order valence-electron chi connectivity index (χ3n) is 2.88. The van der Waals surface area contributed by atoms with Crippen molar-refractivity contribution in [3.8, 4) is 17.6 Å². The number of rotatable bonds is 1. The molecule has 0 aliphatic heterocycles. The monoisotopic (exact) mass is 189 g/mol. The Labute approximate surface area is 82.2 Å². The summed E-state index contributed by atoms with van der Waals surface area (Å²) in [6.07, 6.45) is 2.66. The van der Waals surface area contributed by atoms with Crippen LogP contribution in [0.25, 0.3) is 0 Å². The van der Waals surface area contributed by atoms with Crippen LogP contribution < -0.4 is 0 Å². The van der Waals surface area contributed by atoms with Gasteiger partial charge in [0.25, 0.3) is 0 Å². The Bertz CT molecular complexity index is 382. The summed E-state index contributed by atoms with van der Waals surface area (Å²) < 4.78 is 0. The first kappa shape index (κ1) is 8.89. The molecule has 0 heterocycles. The number of phenolic OH excluding ortho intramolecular Hbond substituents is 2. The molecule has 1 aromatic rings. The summed E-state index contributed by atoms with van der Waals surface area (Å²) in [5, 5.41) is 27.7. The van der Waals surface area contributed by atoms with Crippen LogP contribution >= 0.6 is 0 Å². The van der Waals surface area contributed by atoms with Gasteiger partial charge < -0.3 is 10.2 Å². The van der Waals surface area contributed by atoms with Crippen LogP contribution in [0, 0.1) is 11.3 Å². The van der Waals surface area contributed by atoms with Gasteiger partial charge in [-0.15, -0.1) is 0 Å². The number of benzene rings is 1. The lowest BCUT2D eigenvalue weighted by Gasteiger charge is -2.35. The summed E-state index contributed by atoms with van der Waals surface area (Å²) in [5.41, 5.74) is 0.250. The summed E-state index contributed by atoms with van der Waals surface area (Å²) >= 11 is 0. The molecule has 1 aliphatic carbocycles. The number of hydrogen-bond acceptors (Lipinski definition) is 3. The second kappa shape index (κ2) is 2.91. The maximum Gasteiger partial charge on any atom is 0.119 e. The highest BCUT2D eigenvalue weighted by Crippen LogP contribution is 2.44. The van der Waals surface area contributed by atoms with Crippen LogP contribution in [0.4, 0.5) is 0 Å². The van der Waals surface area contributed by atoms with Crippen molar-refractivity contribution in [2.24, 2.45) is 0 Å². The van der Waals surface area contributed by atoms with Gasteiger partial charge in [0.1, 0.15) is 11.5 Å². The Balaban J connectivity index is 2.46. The predicted molar refractivity (Wildman–Crippen MR) is 50.9 cm³/mol. The summed E-state index contributed by atoms with van der Waals surface area (Å²) in [7, 11) is 0. The number of phenols is 2. The molecule has 1 aliphatic rings. The maximum absolute atomic E-state index is 9.30. The van der Waals surface area contributed by atoms with E-state index in [0.717, 1.165) is 24.8 Å². The molecule has 1 fully saturated rings. The fraction of sp³-hybridized carbons (Fsp3) is 0.364. The van der Waals surface area contributed by atoms with Crippen molar-refractivity contribution in [1.82, 2.24) is 0 Å². The minimum Gasteiger partial charge on any atom is -0.508 e. The van der Waals surface area contributed by atoms with Crippen LogP contribution in [-0.2, 0) is 5.41 Å². The van der Waals surface area contributed by atoms with E-state index in [1.807, 2.05) is 0 Å². The highest BCUT2D eigenvalue weighted by molar-refractivity contribution is 5.44. The van der Waals surface area contributed by atoms with Crippen molar-refractivity contribution in [3.05, 3.63) is 23.8 Å². The van der Waals surface area contributed by atoms with E-state index in [4.69, 9.17) is 5.26 Å². The average molecular weight is 189 g/mol. The van der Waals surface area contributed by atoms with Crippen molar-refractivity contribution in [2.45, 2.75) is 24.7 Å². The fourth-order valence-corrected chi connectivity index (χ4v) is 1.87. The van der Waals surface area contributed by atoms with Crippen molar-refractivity contribution < 1.29 is 10.2 Å². The molecule has 3 nitrogen and oxygen atoms in total. The molecule has 0 radical (unpaired) electrons. The second-order valence-electron chi connectivity index (χ2n) is 3.79. The van der Waals surface area contributed by atoms with Gasteiger partial charge >= 0.3 is 0 Å². The lowest BCUT2D eigenvalue weighted by atomic mass is 9.65. The zero-order chi connectivity index (χ0) is 10.2. The van der Waals surface area contributed by atoms with E-state index in [-0.39, 0.29) is 11.5 Å². The van der Waals surface area contributed by atoms with Crippen molar-refractivity contribution in [1.29, 1.82) is 5.26 Å². The summed E-state index contributed by atoms with van der Waals surface area (Å²) in [5.74, 6) is 0.0306. The topological polar surface area (TPSA) is 64.2 Å². The highest BCUT2D eigenvalue weighted by atomic mass is 16.3. The minimum atomic E-state index is -0.476. The SMILES string of the molecule is N#CC1(c2cc(O)cc(O)c2)CCC1. The normalized spacial score (nSPS) is 18.2.